The first kappa shape index (κ1) is 11.0. The summed E-state index contributed by atoms with van der Waals surface area (Å²) in [6.45, 7) is 3.86. The van der Waals surface area contributed by atoms with E-state index in [0.717, 1.165) is 36.3 Å². The highest BCUT2D eigenvalue weighted by Crippen LogP contribution is 2.25. The van der Waals surface area contributed by atoms with Crippen LogP contribution in [-0.4, -0.2) is 26.3 Å². The molecule has 1 aliphatic heterocycles. The van der Waals surface area contributed by atoms with Gasteiger partial charge in [-0.15, -0.1) is 0 Å². The number of benzene rings is 1. The van der Waals surface area contributed by atoms with Gasteiger partial charge < -0.3 is 9.64 Å². The van der Waals surface area contributed by atoms with Crippen LogP contribution in [0.15, 0.2) is 18.2 Å². The third-order valence-corrected chi connectivity index (χ3v) is 3.09. The molecule has 2 rings (SSSR count). The van der Waals surface area contributed by atoms with Crippen LogP contribution >= 0.6 is 0 Å². The summed E-state index contributed by atoms with van der Waals surface area (Å²) in [6.07, 6.45) is 1.34. The van der Waals surface area contributed by atoms with E-state index in [0.29, 0.717) is 6.10 Å². The molecule has 1 aromatic carbocycles. The van der Waals surface area contributed by atoms with Gasteiger partial charge in [-0.2, -0.15) is 5.26 Å². The minimum atomic E-state index is 0.299. The van der Waals surface area contributed by atoms with Crippen molar-refractivity contribution in [2.24, 2.45) is 0 Å². The molecule has 0 amide bonds. The molecule has 84 valence electrons. The van der Waals surface area contributed by atoms with Gasteiger partial charge in [0, 0.05) is 20.2 Å². The van der Waals surface area contributed by atoms with Crippen LogP contribution in [0.5, 0.6) is 0 Å². The second kappa shape index (κ2) is 4.54. The minimum Gasteiger partial charge on any atom is -0.380 e. The number of nitriles is 1. The number of hydrogen-bond donors (Lipinski definition) is 0. The van der Waals surface area contributed by atoms with E-state index in [1.165, 1.54) is 0 Å². The molecule has 0 aliphatic carbocycles. The van der Waals surface area contributed by atoms with E-state index >= 15 is 0 Å². The molecule has 0 N–H and O–H groups in total. The summed E-state index contributed by atoms with van der Waals surface area (Å²) in [6, 6.07) is 8.29. The van der Waals surface area contributed by atoms with Gasteiger partial charge in [-0.3, -0.25) is 0 Å². The number of rotatable bonds is 2. The van der Waals surface area contributed by atoms with Crippen LogP contribution in [0.2, 0.25) is 0 Å². The Labute approximate surface area is 96.2 Å². The van der Waals surface area contributed by atoms with Crippen molar-refractivity contribution < 1.29 is 4.74 Å². The van der Waals surface area contributed by atoms with Crippen molar-refractivity contribution in [3.05, 3.63) is 29.3 Å². The maximum absolute atomic E-state index is 9.12. The van der Waals surface area contributed by atoms with Gasteiger partial charge in [0.2, 0.25) is 0 Å². The van der Waals surface area contributed by atoms with Crippen LogP contribution in [0, 0.1) is 18.3 Å². The van der Waals surface area contributed by atoms with Gasteiger partial charge in [-0.1, -0.05) is 6.07 Å². The van der Waals surface area contributed by atoms with Crippen LogP contribution in [0.1, 0.15) is 17.5 Å². The highest BCUT2D eigenvalue weighted by Gasteiger charge is 2.23. The summed E-state index contributed by atoms with van der Waals surface area (Å²) in [5.41, 5.74) is 2.92. The molecule has 1 heterocycles. The van der Waals surface area contributed by atoms with Gasteiger partial charge in [-0.05, 0) is 31.0 Å². The Balaban J connectivity index is 2.25. The smallest absolute Gasteiger partial charge is 0.101 e. The lowest BCUT2D eigenvalue weighted by Gasteiger charge is -2.19. The Bertz CT molecular complexity index is 422. The molecule has 0 aromatic heterocycles. The normalized spacial score (nSPS) is 19.8. The Morgan fingerprint density at radius 3 is 2.94 bits per heavy atom. The molecule has 3 heteroatoms. The lowest BCUT2D eigenvalue weighted by Crippen LogP contribution is -2.22. The molecule has 0 spiro atoms. The summed E-state index contributed by atoms with van der Waals surface area (Å²) in [5.74, 6) is 0. The number of nitrogens with zero attached hydrogens (tertiary/aromatic N) is 2. The Kier molecular flexibility index (Phi) is 3.12. The molecule has 0 radical (unpaired) electrons. The second-order valence-corrected chi connectivity index (χ2v) is 4.22. The zero-order chi connectivity index (χ0) is 11.5. The van der Waals surface area contributed by atoms with Gasteiger partial charge >= 0.3 is 0 Å². The number of anilines is 1. The molecule has 1 fully saturated rings. The molecular formula is C13H16N2O. The van der Waals surface area contributed by atoms with Gasteiger partial charge in [0.05, 0.1) is 17.4 Å². The summed E-state index contributed by atoms with van der Waals surface area (Å²) in [5, 5.41) is 9.12. The number of methoxy groups -OCH3 is 1. The predicted octanol–water partition coefficient (Wildman–Crippen LogP) is 2.09. The van der Waals surface area contributed by atoms with E-state index in [-0.39, 0.29) is 0 Å². The SMILES string of the molecule is COC1CCN(c2ccc(C)cc2C#N)C1. The Morgan fingerprint density at radius 1 is 1.50 bits per heavy atom. The Morgan fingerprint density at radius 2 is 2.31 bits per heavy atom. The molecule has 1 saturated heterocycles. The summed E-state index contributed by atoms with van der Waals surface area (Å²) in [7, 11) is 1.74. The monoisotopic (exact) mass is 216 g/mol. The van der Waals surface area contributed by atoms with E-state index in [1.807, 2.05) is 19.1 Å². The zero-order valence-corrected chi connectivity index (χ0v) is 9.73. The first-order valence-electron chi connectivity index (χ1n) is 5.53. The van der Waals surface area contributed by atoms with Crippen molar-refractivity contribution in [1.29, 1.82) is 5.26 Å². The molecule has 3 nitrogen and oxygen atoms in total. The van der Waals surface area contributed by atoms with E-state index in [2.05, 4.69) is 17.0 Å². The van der Waals surface area contributed by atoms with Crippen molar-refractivity contribution in [3.63, 3.8) is 0 Å². The molecule has 0 saturated carbocycles. The fourth-order valence-corrected chi connectivity index (χ4v) is 2.15. The largest absolute Gasteiger partial charge is 0.380 e. The van der Waals surface area contributed by atoms with Crippen LogP contribution in [0.3, 0.4) is 0 Å². The summed E-state index contributed by atoms with van der Waals surface area (Å²) < 4.78 is 5.34. The quantitative estimate of drug-likeness (QED) is 0.759. The lowest BCUT2D eigenvalue weighted by atomic mass is 10.1. The van der Waals surface area contributed by atoms with Crippen molar-refractivity contribution in [2.75, 3.05) is 25.1 Å². The molecule has 1 aliphatic rings. The van der Waals surface area contributed by atoms with Crippen LogP contribution < -0.4 is 4.90 Å². The van der Waals surface area contributed by atoms with E-state index < -0.39 is 0 Å². The number of hydrogen-bond acceptors (Lipinski definition) is 3. The van der Waals surface area contributed by atoms with Crippen LogP contribution in [0.25, 0.3) is 0 Å². The molecule has 16 heavy (non-hydrogen) atoms. The average Bonchev–Trinajstić information content (AvgIpc) is 2.77. The fourth-order valence-electron chi connectivity index (χ4n) is 2.15. The summed E-state index contributed by atoms with van der Waals surface area (Å²) >= 11 is 0. The van der Waals surface area contributed by atoms with E-state index in [9.17, 15) is 0 Å². The first-order valence-corrected chi connectivity index (χ1v) is 5.53. The first-order chi connectivity index (χ1) is 7.74. The standard InChI is InChI=1S/C13H16N2O/c1-10-3-4-13(11(7-10)8-14)15-6-5-12(9-15)16-2/h3-4,7,12H,5-6,9H2,1-2H3. The van der Waals surface area contributed by atoms with E-state index in [4.69, 9.17) is 10.00 Å². The topological polar surface area (TPSA) is 36.3 Å². The number of aryl methyl sites for hydroxylation is 1. The molecular weight excluding hydrogens is 200 g/mol. The molecule has 1 aromatic rings. The molecule has 1 unspecified atom stereocenters. The van der Waals surface area contributed by atoms with Crippen molar-refractivity contribution in [2.45, 2.75) is 19.4 Å². The number of ether oxygens (including phenoxy) is 1. The van der Waals surface area contributed by atoms with Crippen LogP contribution in [0.4, 0.5) is 5.69 Å². The van der Waals surface area contributed by atoms with Crippen molar-refractivity contribution >= 4 is 5.69 Å². The van der Waals surface area contributed by atoms with Gasteiger partial charge in [-0.25, -0.2) is 0 Å². The Hall–Kier alpha value is -1.53. The summed E-state index contributed by atoms with van der Waals surface area (Å²) in [4.78, 5) is 2.23. The zero-order valence-electron chi connectivity index (χ0n) is 9.73. The van der Waals surface area contributed by atoms with Gasteiger partial charge in [0.15, 0.2) is 0 Å². The maximum Gasteiger partial charge on any atom is 0.101 e. The van der Waals surface area contributed by atoms with Gasteiger partial charge in [0.25, 0.3) is 0 Å². The molecule has 0 bridgehead atoms. The van der Waals surface area contributed by atoms with Crippen molar-refractivity contribution in [1.82, 2.24) is 0 Å². The lowest BCUT2D eigenvalue weighted by molar-refractivity contribution is 0.121. The van der Waals surface area contributed by atoms with E-state index in [1.54, 1.807) is 7.11 Å². The average molecular weight is 216 g/mol. The maximum atomic E-state index is 9.12. The highest BCUT2D eigenvalue weighted by molar-refractivity contribution is 5.61. The fraction of sp³-hybridized carbons (Fsp3) is 0.462. The van der Waals surface area contributed by atoms with Gasteiger partial charge in [0.1, 0.15) is 6.07 Å². The minimum absolute atomic E-state index is 0.299. The second-order valence-electron chi connectivity index (χ2n) is 4.22. The third kappa shape index (κ3) is 2.02. The predicted molar refractivity (Wildman–Crippen MR) is 63.5 cm³/mol. The third-order valence-electron chi connectivity index (χ3n) is 3.09. The van der Waals surface area contributed by atoms with Crippen molar-refractivity contribution in [3.8, 4) is 6.07 Å². The molecule has 1 atom stereocenters. The highest BCUT2D eigenvalue weighted by atomic mass is 16.5. The van der Waals surface area contributed by atoms with Crippen LogP contribution in [-0.2, 0) is 4.74 Å².